The van der Waals surface area contributed by atoms with Gasteiger partial charge in [-0.2, -0.15) is 0 Å². The van der Waals surface area contributed by atoms with E-state index < -0.39 is 5.97 Å². The molecule has 2 fully saturated rings. The van der Waals surface area contributed by atoms with Gasteiger partial charge in [-0.3, -0.25) is 4.79 Å². The van der Waals surface area contributed by atoms with E-state index in [0.717, 1.165) is 18.8 Å². The van der Waals surface area contributed by atoms with Crippen LogP contribution in [0.3, 0.4) is 0 Å². The predicted molar refractivity (Wildman–Crippen MR) is 50.4 cm³/mol. The first-order chi connectivity index (χ1) is 5.98. The number of hydrogen-bond donors (Lipinski definition) is 1. The highest BCUT2D eigenvalue weighted by Crippen LogP contribution is 2.67. The van der Waals surface area contributed by atoms with Gasteiger partial charge in [-0.1, -0.05) is 13.8 Å². The van der Waals surface area contributed by atoms with Gasteiger partial charge in [0.05, 0.1) is 6.42 Å². The molecule has 2 bridgehead atoms. The van der Waals surface area contributed by atoms with Crippen LogP contribution in [0.5, 0.6) is 0 Å². The first kappa shape index (κ1) is 9.04. The van der Waals surface area contributed by atoms with E-state index in [9.17, 15) is 4.79 Å². The summed E-state index contributed by atoms with van der Waals surface area (Å²) >= 11 is 0. The minimum Gasteiger partial charge on any atom is -0.481 e. The number of carboxylic acids is 1. The molecular formula is C11H18O2. The minimum absolute atomic E-state index is 0.128. The fraction of sp³-hybridized carbons (Fsp3) is 0.909. The Morgan fingerprint density at radius 2 is 1.92 bits per heavy atom. The van der Waals surface area contributed by atoms with Crippen molar-refractivity contribution < 1.29 is 9.90 Å². The molecule has 0 saturated heterocycles. The van der Waals surface area contributed by atoms with Gasteiger partial charge >= 0.3 is 5.97 Å². The van der Waals surface area contributed by atoms with E-state index in [4.69, 9.17) is 5.11 Å². The molecule has 0 aromatic heterocycles. The Morgan fingerprint density at radius 1 is 1.38 bits per heavy atom. The van der Waals surface area contributed by atoms with Gasteiger partial charge in [-0.15, -0.1) is 0 Å². The topological polar surface area (TPSA) is 37.3 Å². The number of carboxylic acid groups (broad SMARTS) is 1. The third kappa shape index (κ3) is 1.04. The molecule has 2 heteroatoms. The molecule has 0 aromatic carbocycles. The monoisotopic (exact) mass is 182 g/mol. The van der Waals surface area contributed by atoms with Crippen LogP contribution < -0.4 is 0 Å². The maximum Gasteiger partial charge on any atom is 0.303 e. The molecule has 0 aliphatic heterocycles. The summed E-state index contributed by atoms with van der Waals surface area (Å²) in [6.45, 7) is 4.53. The zero-order valence-electron chi connectivity index (χ0n) is 8.47. The maximum atomic E-state index is 10.8. The van der Waals surface area contributed by atoms with Crippen LogP contribution in [0.4, 0.5) is 0 Å². The van der Waals surface area contributed by atoms with E-state index in [-0.39, 0.29) is 10.8 Å². The van der Waals surface area contributed by atoms with Crippen LogP contribution in [0.1, 0.15) is 46.0 Å². The van der Waals surface area contributed by atoms with Crippen molar-refractivity contribution in [3.05, 3.63) is 0 Å². The smallest absolute Gasteiger partial charge is 0.303 e. The third-order valence-electron chi connectivity index (χ3n) is 4.82. The Balaban J connectivity index is 2.26. The van der Waals surface area contributed by atoms with E-state index in [1.807, 2.05) is 0 Å². The Labute approximate surface area is 79.3 Å². The van der Waals surface area contributed by atoms with E-state index in [1.165, 1.54) is 12.8 Å². The standard InChI is InChI=1S/C11H18O2/c1-10(2)8-3-5-11(10,6-4-8)7-9(12)13/h8H,3-7H2,1-2H3,(H,12,13). The number of aliphatic carboxylic acids is 1. The van der Waals surface area contributed by atoms with Gasteiger partial charge < -0.3 is 5.11 Å². The molecule has 0 atom stereocenters. The van der Waals surface area contributed by atoms with E-state index >= 15 is 0 Å². The number of rotatable bonds is 2. The zero-order valence-corrected chi connectivity index (χ0v) is 8.47. The maximum absolute atomic E-state index is 10.8. The molecule has 2 nitrogen and oxygen atoms in total. The summed E-state index contributed by atoms with van der Waals surface area (Å²) in [6.07, 6.45) is 5.16. The quantitative estimate of drug-likeness (QED) is 0.713. The van der Waals surface area contributed by atoms with Crippen molar-refractivity contribution in [3.63, 3.8) is 0 Å². The van der Waals surface area contributed by atoms with Gasteiger partial charge in [-0.25, -0.2) is 0 Å². The highest BCUT2D eigenvalue weighted by molar-refractivity contribution is 5.68. The van der Waals surface area contributed by atoms with Crippen molar-refractivity contribution in [2.75, 3.05) is 0 Å². The van der Waals surface area contributed by atoms with E-state index in [2.05, 4.69) is 13.8 Å². The summed E-state index contributed by atoms with van der Waals surface area (Å²) in [7, 11) is 0. The fourth-order valence-electron chi connectivity index (χ4n) is 3.66. The molecule has 2 aliphatic rings. The van der Waals surface area contributed by atoms with E-state index in [1.54, 1.807) is 0 Å². The molecule has 13 heavy (non-hydrogen) atoms. The number of fused-ring (bicyclic) bond motifs is 2. The van der Waals surface area contributed by atoms with Gasteiger partial charge in [0, 0.05) is 0 Å². The summed E-state index contributed by atoms with van der Waals surface area (Å²) in [5, 5.41) is 8.92. The molecular weight excluding hydrogens is 164 g/mol. The molecule has 0 spiro atoms. The normalized spacial score (nSPS) is 40.9. The molecule has 74 valence electrons. The average molecular weight is 182 g/mol. The van der Waals surface area contributed by atoms with Gasteiger partial charge in [0.25, 0.3) is 0 Å². The largest absolute Gasteiger partial charge is 0.481 e. The molecule has 0 radical (unpaired) electrons. The zero-order chi connectivity index (χ0) is 9.69. The van der Waals surface area contributed by atoms with Gasteiger partial charge in [0.2, 0.25) is 0 Å². The van der Waals surface area contributed by atoms with Crippen LogP contribution in [-0.2, 0) is 4.79 Å². The lowest BCUT2D eigenvalue weighted by molar-refractivity contribution is -0.141. The van der Waals surface area contributed by atoms with Crippen LogP contribution in [0, 0.1) is 16.7 Å². The lowest BCUT2D eigenvalue weighted by atomic mass is 9.67. The molecule has 2 rings (SSSR count). The minimum atomic E-state index is -0.615. The van der Waals surface area contributed by atoms with Crippen molar-refractivity contribution >= 4 is 5.97 Å². The Bertz CT molecular complexity index is 234. The summed E-state index contributed by atoms with van der Waals surface area (Å²) in [4.78, 5) is 10.8. The molecule has 0 heterocycles. The SMILES string of the molecule is CC1(C)C2CCC1(CC(=O)O)CC2. The Morgan fingerprint density at radius 3 is 2.23 bits per heavy atom. The van der Waals surface area contributed by atoms with Gasteiger partial charge in [-0.05, 0) is 42.4 Å². The van der Waals surface area contributed by atoms with Crippen molar-refractivity contribution in [1.82, 2.24) is 0 Å². The number of carbonyl (C=O) groups is 1. The number of hydrogen-bond acceptors (Lipinski definition) is 1. The molecule has 2 aliphatic carbocycles. The second kappa shape index (κ2) is 2.49. The predicted octanol–water partition coefficient (Wildman–Crippen LogP) is 2.68. The van der Waals surface area contributed by atoms with Crippen LogP contribution in [0.2, 0.25) is 0 Å². The molecule has 1 N–H and O–H groups in total. The summed E-state index contributed by atoms with van der Waals surface area (Å²) in [5.74, 6) is 0.169. The second-order valence-electron chi connectivity index (χ2n) is 5.35. The lowest BCUT2D eigenvalue weighted by Gasteiger charge is -2.36. The van der Waals surface area contributed by atoms with Crippen molar-refractivity contribution in [1.29, 1.82) is 0 Å². The summed E-state index contributed by atoms with van der Waals surface area (Å²) < 4.78 is 0. The molecule has 0 aromatic rings. The Kier molecular flexibility index (Phi) is 1.73. The Hall–Kier alpha value is -0.530. The second-order valence-corrected chi connectivity index (χ2v) is 5.35. The first-order valence-electron chi connectivity index (χ1n) is 5.20. The highest BCUT2D eigenvalue weighted by Gasteiger charge is 2.59. The third-order valence-corrected chi connectivity index (χ3v) is 4.82. The van der Waals surface area contributed by atoms with Gasteiger partial charge in [0.15, 0.2) is 0 Å². The van der Waals surface area contributed by atoms with Crippen molar-refractivity contribution in [3.8, 4) is 0 Å². The van der Waals surface area contributed by atoms with Crippen molar-refractivity contribution in [2.24, 2.45) is 16.7 Å². The highest BCUT2D eigenvalue weighted by atomic mass is 16.4. The molecule has 2 saturated carbocycles. The van der Waals surface area contributed by atoms with Crippen LogP contribution in [0.15, 0.2) is 0 Å². The van der Waals surface area contributed by atoms with Crippen molar-refractivity contribution in [2.45, 2.75) is 46.0 Å². The van der Waals surface area contributed by atoms with E-state index in [0.29, 0.717) is 6.42 Å². The van der Waals surface area contributed by atoms with Crippen LogP contribution in [0.25, 0.3) is 0 Å². The van der Waals surface area contributed by atoms with Crippen LogP contribution in [-0.4, -0.2) is 11.1 Å². The fourth-order valence-corrected chi connectivity index (χ4v) is 3.66. The van der Waals surface area contributed by atoms with Crippen LogP contribution >= 0.6 is 0 Å². The molecule has 0 unspecified atom stereocenters. The summed E-state index contributed by atoms with van der Waals surface area (Å²) in [6, 6.07) is 0. The average Bonchev–Trinajstić information content (AvgIpc) is 2.36. The van der Waals surface area contributed by atoms with Gasteiger partial charge in [0.1, 0.15) is 0 Å². The summed E-state index contributed by atoms with van der Waals surface area (Å²) in [5.41, 5.74) is 0.398. The lowest BCUT2D eigenvalue weighted by Crippen LogP contribution is -2.32. The molecule has 0 amide bonds. The first-order valence-corrected chi connectivity index (χ1v) is 5.20.